The average molecular weight is 115 g/mol. The van der Waals surface area contributed by atoms with E-state index in [4.69, 9.17) is 0 Å². The molecule has 0 aliphatic carbocycles. The average Bonchev–Trinajstić information content (AvgIpc) is 1.66. The van der Waals surface area contributed by atoms with Crippen molar-refractivity contribution in [1.82, 2.24) is 5.43 Å². The molecule has 0 spiro atoms. The van der Waals surface area contributed by atoms with Crippen molar-refractivity contribution in [1.29, 1.82) is 0 Å². The summed E-state index contributed by atoms with van der Waals surface area (Å²) in [4.78, 5) is 9.87. The van der Waals surface area contributed by atoms with Crippen molar-refractivity contribution in [3.63, 3.8) is 0 Å². The van der Waals surface area contributed by atoms with Gasteiger partial charge in [0.25, 0.3) is 0 Å². The lowest BCUT2D eigenvalue weighted by atomic mass is 10.6. The quantitative estimate of drug-likeness (QED) is 0.387. The summed E-state index contributed by atoms with van der Waals surface area (Å²) in [6, 6.07) is -0.630. The van der Waals surface area contributed by atoms with Crippen molar-refractivity contribution in [2.75, 3.05) is 0 Å². The lowest BCUT2D eigenvalue weighted by Gasteiger charge is -1.86. The van der Waals surface area contributed by atoms with Gasteiger partial charge in [-0.1, -0.05) is 6.92 Å². The molecule has 3 N–H and O–H groups in total. The summed E-state index contributed by atoms with van der Waals surface area (Å²) < 4.78 is 0. The van der Waals surface area contributed by atoms with Crippen molar-refractivity contribution in [2.24, 2.45) is 10.8 Å². The normalized spacial score (nSPS) is 9.62. The molecule has 0 aromatic rings. The van der Waals surface area contributed by atoms with Gasteiger partial charge in [0.1, 0.15) is 0 Å². The first-order chi connectivity index (χ1) is 3.77. The molecule has 0 aromatic heterocycles. The van der Waals surface area contributed by atoms with Gasteiger partial charge in [0.05, 0.1) is 0 Å². The predicted molar refractivity (Wildman–Crippen MR) is 31.5 cm³/mol. The number of nitrogens with zero attached hydrogens (tertiary/aromatic N) is 1. The monoisotopic (exact) mass is 115 g/mol. The Labute approximate surface area is 47.8 Å². The molecule has 46 valence electrons. The summed E-state index contributed by atoms with van der Waals surface area (Å²) in [5.74, 6) is 0. The number of nitrogens with two attached hydrogens (primary N) is 1. The standard InChI is InChI=1S/C4H9N3O/c1-2-3-6-7-4(5)8/h3H,2H2,1H3,(H3,5,7,8). The third-order valence-electron chi connectivity index (χ3n) is 0.449. The van der Waals surface area contributed by atoms with E-state index in [1.165, 1.54) is 0 Å². The number of amides is 2. The largest absolute Gasteiger partial charge is 0.350 e. The van der Waals surface area contributed by atoms with Gasteiger partial charge in [0.15, 0.2) is 0 Å². The van der Waals surface area contributed by atoms with Gasteiger partial charge in [-0.25, -0.2) is 10.2 Å². The maximum Gasteiger partial charge on any atom is 0.332 e. The first-order valence-electron chi connectivity index (χ1n) is 2.34. The minimum Gasteiger partial charge on any atom is -0.350 e. The van der Waals surface area contributed by atoms with Gasteiger partial charge < -0.3 is 5.73 Å². The number of carbonyl (C=O) groups is 1. The molecule has 0 saturated heterocycles. The van der Waals surface area contributed by atoms with Crippen LogP contribution in [-0.4, -0.2) is 12.2 Å². The highest BCUT2D eigenvalue weighted by molar-refractivity contribution is 5.72. The van der Waals surface area contributed by atoms with Gasteiger partial charge >= 0.3 is 6.03 Å². The van der Waals surface area contributed by atoms with Crippen LogP contribution in [0.5, 0.6) is 0 Å². The molecule has 4 heteroatoms. The Balaban J connectivity index is 3.16. The highest BCUT2D eigenvalue weighted by Crippen LogP contribution is 1.63. The molecule has 0 aliphatic heterocycles. The second kappa shape index (κ2) is 4.11. The van der Waals surface area contributed by atoms with E-state index in [9.17, 15) is 4.79 Å². The topological polar surface area (TPSA) is 67.5 Å². The van der Waals surface area contributed by atoms with Gasteiger partial charge in [-0.15, -0.1) is 0 Å². The van der Waals surface area contributed by atoms with Crippen LogP contribution in [0.4, 0.5) is 4.79 Å². The van der Waals surface area contributed by atoms with E-state index >= 15 is 0 Å². The third kappa shape index (κ3) is 4.94. The molecule has 0 unspecified atom stereocenters. The highest BCUT2D eigenvalue weighted by atomic mass is 16.2. The maximum atomic E-state index is 9.87. The Hall–Kier alpha value is -1.06. The fourth-order valence-corrected chi connectivity index (χ4v) is 0.201. The summed E-state index contributed by atoms with van der Waals surface area (Å²) in [7, 11) is 0. The zero-order valence-electron chi connectivity index (χ0n) is 4.72. The van der Waals surface area contributed by atoms with Gasteiger partial charge in [-0.05, 0) is 6.42 Å². The number of nitrogens with one attached hydrogen (secondary N) is 1. The molecule has 0 atom stereocenters. The Morgan fingerprint density at radius 1 is 2.00 bits per heavy atom. The fourth-order valence-electron chi connectivity index (χ4n) is 0.201. The molecule has 0 bridgehead atoms. The predicted octanol–water partition coefficient (Wildman–Crippen LogP) is 0.0505. The summed E-state index contributed by atoms with van der Waals surface area (Å²) in [5.41, 5.74) is 6.72. The van der Waals surface area contributed by atoms with E-state index in [1.54, 1.807) is 6.21 Å². The van der Waals surface area contributed by atoms with Gasteiger partial charge in [0, 0.05) is 6.21 Å². The highest BCUT2D eigenvalue weighted by Gasteiger charge is 1.79. The van der Waals surface area contributed by atoms with Crippen LogP contribution in [0.1, 0.15) is 13.3 Å². The number of hydrazone groups is 1. The molecule has 0 rings (SSSR count). The second-order valence-electron chi connectivity index (χ2n) is 1.20. The second-order valence-corrected chi connectivity index (χ2v) is 1.20. The van der Waals surface area contributed by atoms with Crippen LogP contribution in [0.25, 0.3) is 0 Å². The molecule has 0 aromatic carbocycles. The van der Waals surface area contributed by atoms with Crippen LogP contribution in [0, 0.1) is 0 Å². The van der Waals surface area contributed by atoms with Crippen molar-refractivity contribution in [3.05, 3.63) is 0 Å². The summed E-state index contributed by atoms with van der Waals surface area (Å²) in [5, 5.41) is 3.44. The molecule has 0 aliphatic rings. The van der Waals surface area contributed by atoms with E-state index in [1.807, 2.05) is 6.92 Å². The lowest BCUT2D eigenvalue weighted by molar-refractivity contribution is 0.249. The first kappa shape index (κ1) is 6.94. The third-order valence-corrected chi connectivity index (χ3v) is 0.449. The minimum absolute atomic E-state index is 0.630. The molecular formula is C4H9N3O. The summed E-state index contributed by atoms with van der Waals surface area (Å²) in [6.45, 7) is 1.91. The van der Waals surface area contributed by atoms with Crippen LogP contribution < -0.4 is 11.2 Å². The fraction of sp³-hybridized carbons (Fsp3) is 0.500. The molecule has 0 saturated carbocycles. The van der Waals surface area contributed by atoms with E-state index in [0.29, 0.717) is 0 Å². The van der Waals surface area contributed by atoms with E-state index in [2.05, 4.69) is 16.3 Å². The van der Waals surface area contributed by atoms with Crippen LogP contribution in [0.2, 0.25) is 0 Å². The maximum absolute atomic E-state index is 9.87. The number of carbonyl (C=O) groups excluding carboxylic acids is 1. The zero-order chi connectivity index (χ0) is 6.41. The number of primary amides is 1. The van der Waals surface area contributed by atoms with Crippen LogP contribution in [0.3, 0.4) is 0 Å². The Morgan fingerprint density at radius 3 is 3.00 bits per heavy atom. The van der Waals surface area contributed by atoms with Crippen molar-refractivity contribution < 1.29 is 4.79 Å². The number of hydrogen-bond acceptors (Lipinski definition) is 2. The van der Waals surface area contributed by atoms with E-state index in [0.717, 1.165) is 6.42 Å². The molecule has 0 fully saturated rings. The first-order valence-corrected chi connectivity index (χ1v) is 2.34. The molecule has 0 radical (unpaired) electrons. The van der Waals surface area contributed by atoms with Crippen LogP contribution in [0.15, 0.2) is 5.10 Å². The Morgan fingerprint density at radius 2 is 2.62 bits per heavy atom. The van der Waals surface area contributed by atoms with Gasteiger partial charge in [-0.3, -0.25) is 0 Å². The van der Waals surface area contributed by atoms with E-state index < -0.39 is 6.03 Å². The van der Waals surface area contributed by atoms with Gasteiger partial charge in [0.2, 0.25) is 0 Å². The number of rotatable bonds is 2. The minimum atomic E-state index is -0.630. The number of urea groups is 1. The van der Waals surface area contributed by atoms with Crippen molar-refractivity contribution >= 4 is 12.2 Å². The summed E-state index contributed by atoms with van der Waals surface area (Å²) >= 11 is 0. The molecule has 0 heterocycles. The van der Waals surface area contributed by atoms with Gasteiger partial charge in [-0.2, -0.15) is 5.10 Å². The van der Waals surface area contributed by atoms with E-state index in [-0.39, 0.29) is 0 Å². The summed E-state index contributed by atoms with van der Waals surface area (Å²) in [6.07, 6.45) is 2.35. The SMILES string of the molecule is CCC=NNC(N)=O. The lowest BCUT2D eigenvalue weighted by Crippen LogP contribution is -2.24. The van der Waals surface area contributed by atoms with Crippen LogP contribution in [-0.2, 0) is 0 Å². The molecule has 4 nitrogen and oxygen atoms in total. The van der Waals surface area contributed by atoms with Crippen LogP contribution >= 0.6 is 0 Å². The smallest absolute Gasteiger partial charge is 0.332 e. The van der Waals surface area contributed by atoms with Crippen molar-refractivity contribution in [3.8, 4) is 0 Å². The zero-order valence-corrected chi connectivity index (χ0v) is 4.72. The Bertz CT molecular complexity index is 99.5. The van der Waals surface area contributed by atoms with Crippen molar-refractivity contribution in [2.45, 2.75) is 13.3 Å². The number of hydrogen-bond donors (Lipinski definition) is 2. The molecule has 8 heavy (non-hydrogen) atoms. The molecular weight excluding hydrogens is 106 g/mol. The Kier molecular flexibility index (Phi) is 3.56. The molecule has 2 amide bonds.